The normalized spacial score (nSPS) is 11.0. The van der Waals surface area contributed by atoms with Gasteiger partial charge < -0.3 is 9.47 Å². The van der Waals surface area contributed by atoms with Crippen LogP contribution in [0, 0.1) is 0 Å². The van der Waals surface area contributed by atoms with Crippen molar-refractivity contribution in [2.75, 3.05) is 0 Å². The summed E-state index contributed by atoms with van der Waals surface area (Å²) in [6.45, 7) is 0.248. The minimum absolute atomic E-state index is 0.0153. The SMILES string of the molecule is O=C=NCc1ccc(-c2ncn(-c3ccc(OC(F)(F)F)cc3)n2)cc1.[N-]=[N+]=NC(=O)Cc1ccc(-c2ncn(-c3ccc(OC(F)(F)F)cc3)n2)cc1. The number of alkyl halides is 6. The van der Waals surface area contributed by atoms with Crippen molar-refractivity contribution in [2.45, 2.75) is 25.7 Å². The lowest BCUT2D eigenvalue weighted by molar-refractivity contribution is -0.275. The number of aliphatic imine (C=N–C) groups is 1. The van der Waals surface area contributed by atoms with Gasteiger partial charge in [-0.3, -0.25) is 4.79 Å². The number of ether oxygens (including phenoxy) is 2. The Balaban J connectivity index is 0.000000208. The lowest BCUT2D eigenvalue weighted by Gasteiger charge is -2.09. The molecule has 54 heavy (non-hydrogen) atoms. The number of amides is 1. The molecule has 0 bridgehead atoms. The first-order valence-corrected chi connectivity index (χ1v) is 15.1. The second-order valence-electron chi connectivity index (χ2n) is 10.7. The number of hydrogen-bond acceptors (Lipinski definition) is 9. The van der Waals surface area contributed by atoms with Crippen molar-refractivity contribution in [1.29, 1.82) is 0 Å². The maximum Gasteiger partial charge on any atom is 0.573 e. The summed E-state index contributed by atoms with van der Waals surface area (Å²) in [6.07, 6.45) is -5.14. The number of nitrogens with zero attached hydrogens (tertiary/aromatic N) is 10. The van der Waals surface area contributed by atoms with Crippen LogP contribution in [0.5, 0.6) is 11.5 Å². The Morgan fingerprint density at radius 2 is 1.11 bits per heavy atom. The first kappa shape index (κ1) is 37.9. The van der Waals surface area contributed by atoms with E-state index in [0.717, 1.165) is 11.1 Å². The summed E-state index contributed by atoms with van der Waals surface area (Å²) in [7, 11) is 0. The molecule has 2 aromatic heterocycles. The predicted octanol–water partition coefficient (Wildman–Crippen LogP) is 7.88. The van der Waals surface area contributed by atoms with Gasteiger partial charge in [-0.2, -0.15) is 0 Å². The molecule has 0 fully saturated rings. The van der Waals surface area contributed by atoms with Gasteiger partial charge in [-0.25, -0.2) is 29.1 Å². The highest BCUT2D eigenvalue weighted by Gasteiger charge is 2.31. The molecule has 0 radical (unpaired) electrons. The molecule has 0 saturated carbocycles. The molecule has 2 heterocycles. The molecule has 0 spiro atoms. The van der Waals surface area contributed by atoms with Crippen molar-refractivity contribution < 1.29 is 45.4 Å². The zero-order valence-electron chi connectivity index (χ0n) is 27.2. The van der Waals surface area contributed by atoms with Crippen LogP contribution in [0.1, 0.15) is 11.1 Å². The van der Waals surface area contributed by atoms with Gasteiger partial charge in [-0.05, 0) is 70.3 Å². The van der Waals surface area contributed by atoms with Crippen LogP contribution in [0.3, 0.4) is 0 Å². The number of isocyanates is 1. The van der Waals surface area contributed by atoms with Crippen LogP contribution in [0.25, 0.3) is 44.6 Å². The zero-order chi connectivity index (χ0) is 38.7. The zero-order valence-corrected chi connectivity index (χ0v) is 27.2. The molecular weight excluding hydrogens is 726 g/mol. The van der Waals surface area contributed by atoms with E-state index >= 15 is 0 Å². The molecule has 0 aliphatic rings. The highest BCUT2D eigenvalue weighted by atomic mass is 19.4. The summed E-state index contributed by atoms with van der Waals surface area (Å²) in [4.78, 5) is 35.7. The van der Waals surface area contributed by atoms with Gasteiger partial charge in [-0.15, -0.1) is 36.5 Å². The van der Waals surface area contributed by atoms with E-state index in [0.29, 0.717) is 34.2 Å². The third kappa shape index (κ3) is 11.1. The molecule has 0 aliphatic heterocycles. The minimum Gasteiger partial charge on any atom is -0.406 e. The number of hydrogen-bond donors (Lipinski definition) is 0. The quantitative estimate of drug-likeness (QED) is 0.0339. The van der Waals surface area contributed by atoms with E-state index in [2.05, 4.69) is 44.7 Å². The van der Waals surface area contributed by atoms with Crippen LogP contribution in [-0.4, -0.2) is 54.2 Å². The van der Waals surface area contributed by atoms with Crippen LogP contribution in [0.15, 0.2) is 120 Å². The van der Waals surface area contributed by atoms with Crippen molar-refractivity contribution in [3.8, 4) is 45.6 Å². The van der Waals surface area contributed by atoms with Gasteiger partial charge in [0, 0.05) is 22.5 Å². The second-order valence-corrected chi connectivity index (χ2v) is 10.7. The van der Waals surface area contributed by atoms with Crippen molar-refractivity contribution >= 4 is 12.0 Å². The van der Waals surface area contributed by atoms with E-state index in [-0.39, 0.29) is 24.5 Å². The van der Waals surface area contributed by atoms with E-state index in [9.17, 15) is 35.9 Å². The molecule has 20 heteroatoms. The number of azide groups is 1. The Morgan fingerprint density at radius 3 is 1.50 bits per heavy atom. The Kier molecular flexibility index (Phi) is 11.8. The molecule has 4 aromatic carbocycles. The van der Waals surface area contributed by atoms with Gasteiger partial charge >= 0.3 is 12.7 Å². The summed E-state index contributed by atoms with van der Waals surface area (Å²) in [5.74, 6) is -0.386. The molecule has 274 valence electrons. The smallest absolute Gasteiger partial charge is 0.406 e. The van der Waals surface area contributed by atoms with Gasteiger partial charge in [0.05, 0.1) is 17.9 Å². The number of benzene rings is 4. The molecule has 0 N–H and O–H groups in total. The van der Waals surface area contributed by atoms with Crippen molar-refractivity contribution in [3.63, 3.8) is 0 Å². The van der Waals surface area contributed by atoms with Gasteiger partial charge in [-0.1, -0.05) is 48.5 Å². The van der Waals surface area contributed by atoms with Crippen molar-refractivity contribution in [2.24, 2.45) is 10.1 Å². The molecule has 0 unspecified atom stereocenters. The summed E-state index contributed by atoms with van der Waals surface area (Å²) in [5.41, 5.74) is 12.2. The fraction of sp³-hybridized carbons (Fsp3) is 0.118. The maximum absolute atomic E-state index is 12.2. The molecule has 0 aliphatic carbocycles. The maximum atomic E-state index is 12.2. The van der Waals surface area contributed by atoms with Gasteiger partial charge in [0.25, 0.3) is 0 Å². The summed E-state index contributed by atoms with van der Waals surface area (Å²) < 4.78 is 83.6. The van der Waals surface area contributed by atoms with Gasteiger partial charge in [0.2, 0.25) is 12.0 Å². The lowest BCUT2D eigenvalue weighted by atomic mass is 10.1. The molecule has 6 rings (SSSR count). The minimum atomic E-state index is -4.75. The summed E-state index contributed by atoms with van der Waals surface area (Å²) in [6, 6.07) is 24.4. The molecule has 0 atom stereocenters. The van der Waals surface area contributed by atoms with E-state index in [1.807, 2.05) is 0 Å². The van der Waals surface area contributed by atoms with Crippen LogP contribution < -0.4 is 9.47 Å². The monoisotopic (exact) mass is 748 g/mol. The number of aromatic nitrogens is 6. The average molecular weight is 749 g/mol. The first-order valence-electron chi connectivity index (χ1n) is 15.1. The Hall–Kier alpha value is -7.30. The number of halogens is 6. The third-order valence-corrected chi connectivity index (χ3v) is 6.92. The molecule has 6 aromatic rings. The second kappa shape index (κ2) is 16.8. The highest BCUT2D eigenvalue weighted by Crippen LogP contribution is 2.26. The third-order valence-electron chi connectivity index (χ3n) is 6.92. The fourth-order valence-corrected chi connectivity index (χ4v) is 4.55. The average Bonchev–Trinajstić information content (AvgIpc) is 3.83. The molecule has 0 saturated heterocycles. The van der Waals surface area contributed by atoms with Crippen molar-refractivity contribution in [3.05, 3.63) is 131 Å². The molecular formula is C34H22F6N10O4. The number of rotatable bonds is 10. The van der Waals surface area contributed by atoms with E-state index in [1.165, 1.54) is 76.6 Å². The van der Waals surface area contributed by atoms with Gasteiger partial charge in [0.1, 0.15) is 24.2 Å². The van der Waals surface area contributed by atoms with E-state index in [4.69, 9.17) is 5.53 Å². The largest absolute Gasteiger partial charge is 0.573 e. The Bertz CT molecular complexity index is 2280. The Labute approximate surface area is 299 Å². The Morgan fingerprint density at radius 1 is 0.685 bits per heavy atom. The molecule has 1 amide bonds. The first-order chi connectivity index (χ1) is 25.8. The van der Waals surface area contributed by atoms with Crippen LogP contribution >= 0.6 is 0 Å². The van der Waals surface area contributed by atoms with Crippen LogP contribution in [0.4, 0.5) is 26.3 Å². The summed E-state index contributed by atoms with van der Waals surface area (Å²) >= 11 is 0. The van der Waals surface area contributed by atoms with Crippen LogP contribution in [0.2, 0.25) is 0 Å². The van der Waals surface area contributed by atoms with E-state index in [1.54, 1.807) is 48.5 Å². The molecule has 14 nitrogen and oxygen atoms in total. The highest BCUT2D eigenvalue weighted by molar-refractivity contribution is 5.79. The topological polar surface area (TPSA) is 175 Å². The standard InChI is InChI=1S/C17H11F3N6O2.C17H11F3N4O2/c18-17(19,20)28-14-7-5-13(6-8-14)26-10-22-16(24-26)12-3-1-11(2-4-12)9-15(27)23-25-21;18-17(19,20)26-15-7-5-14(6-8-15)24-10-22-16(23-24)13-3-1-12(2-4-13)9-21-11-25/h1-8,10H,9H2;1-8,10H,9H2. The van der Waals surface area contributed by atoms with Crippen LogP contribution in [-0.2, 0) is 22.6 Å². The fourth-order valence-electron chi connectivity index (χ4n) is 4.55. The van der Waals surface area contributed by atoms with E-state index < -0.39 is 18.6 Å². The number of carbonyl (C=O) groups is 1. The predicted molar refractivity (Wildman–Crippen MR) is 177 cm³/mol. The number of carbonyl (C=O) groups excluding carboxylic acids is 2. The van der Waals surface area contributed by atoms with Gasteiger partial charge in [0.15, 0.2) is 11.6 Å². The lowest BCUT2D eigenvalue weighted by Crippen LogP contribution is -2.17. The van der Waals surface area contributed by atoms with Crippen molar-refractivity contribution in [1.82, 2.24) is 29.5 Å². The summed E-state index contributed by atoms with van der Waals surface area (Å²) in [5, 5.41) is 11.6.